The number of nitrogens with two attached hydrogens (primary N) is 1. The van der Waals surface area contributed by atoms with Gasteiger partial charge in [-0.05, 0) is 73.4 Å². The summed E-state index contributed by atoms with van der Waals surface area (Å²) < 4.78 is 14.0. The van der Waals surface area contributed by atoms with Crippen molar-refractivity contribution in [1.29, 1.82) is 0 Å². The zero-order valence-electron chi connectivity index (χ0n) is 21.5. The van der Waals surface area contributed by atoms with Crippen LogP contribution in [0.25, 0.3) is 11.0 Å². The molecule has 1 unspecified atom stereocenters. The molecule has 208 valence electrons. The van der Waals surface area contributed by atoms with Crippen LogP contribution in [0.5, 0.6) is 17.2 Å². The van der Waals surface area contributed by atoms with Crippen molar-refractivity contribution in [2.24, 2.45) is 7.05 Å². The van der Waals surface area contributed by atoms with Gasteiger partial charge in [-0.3, -0.25) is 14.9 Å². The summed E-state index contributed by atoms with van der Waals surface area (Å²) in [6.45, 7) is 4.23. The molecule has 0 radical (unpaired) electrons. The number of fused-ring (bicyclic) bond motifs is 1. The Balaban J connectivity index is 0.00000178. The molecule has 2 heterocycles. The summed E-state index contributed by atoms with van der Waals surface area (Å²) in [6, 6.07) is 17.2. The van der Waals surface area contributed by atoms with Crippen LogP contribution >= 0.6 is 36.6 Å². The molecule has 4 aromatic rings. The van der Waals surface area contributed by atoms with Gasteiger partial charge in [0, 0.05) is 18.8 Å². The molecule has 1 aromatic heterocycles. The Morgan fingerprint density at radius 3 is 2.23 bits per heavy atom. The number of hydrogen-bond donors (Lipinski definition) is 2. The number of nitrogens with zero attached hydrogens (tertiary/aromatic N) is 2. The molecular formula is C27H30Cl2N4O5S. The molecule has 1 atom stereocenters. The van der Waals surface area contributed by atoms with Crippen LogP contribution in [0.2, 0.25) is 0 Å². The third-order valence-electron chi connectivity index (χ3n) is 6.23. The maximum absolute atomic E-state index is 11.8. The average molecular weight is 594 g/mol. The summed E-state index contributed by atoms with van der Waals surface area (Å²) in [5.74, 6) is 2.70. The number of amides is 2. The quantitative estimate of drug-likeness (QED) is 0.286. The fourth-order valence-corrected chi connectivity index (χ4v) is 5.01. The van der Waals surface area contributed by atoms with E-state index in [1.807, 2.05) is 80.1 Å². The van der Waals surface area contributed by atoms with E-state index < -0.39 is 0 Å². The SMILES string of the molecule is Cc1cc(Oc2ccc3nc(COc4ccc(CC5SC(=O)NC5=O)cc4)n(C)c3c2)cc(C)c1N.Cl.Cl.O. The van der Waals surface area contributed by atoms with E-state index in [9.17, 15) is 9.59 Å². The van der Waals surface area contributed by atoms with Gasteiger partial charge in [0.2, 0.25) is 5.91 Å². The lowest BCUT2D eigenvalue weighted by molar-refractivity contribution is -0.118. The minimum Gasteiger partial charge on any atom is -0.486 e. The van der Waals surface area contributed by atoms with Crippen LogP contribution in [-0.4, -0.2) is 31.4 Å². The van der Waals surface area contributed by atoms with Gasteiger partial charge >= 0.3 is 0 Å². The van der Waals surface area contributed by atoms with Crippen LogP contribution in [0.4, 0.5) is 10.5 Å². The molecule has 3 aromatic carbocycles. The lowest BCUT2D eigenvalue weighted by atomic mass is 10.1. The second kappa shape index (κ2) is 13.1. The zero-order chi connectivity index (χ0) is 25.4. The normalized spacial score (nSPS) is 14.2. The number of carbonyl (C=O) groups is 2. The standard InChI is InChI=1S/C27H26N4O4S.2ClH.H2O/c1-15-10-20(11-16(2)25(15)28)35-19-8-9-21-22(13-19)31(3)24(29-21)14-34-18-6-4-17(5-7-18)12-23-26(32)30-27(33)36-23;;;/h4-11,13,23H,12,14,28H2,1-3H3,(H,30,32,33);2*1H;1H2. The number of ether oxygens (including phenoxy) is 2. The van der Waals surface area contributed by atoms with Crippen molar-refractivity contribution in [3.05, 3.63) is 77.1 Å². The highest BCUT2D eigenvalue weighted by Gasteiger charge is 2.31. The first kappa shape index (κ1) is 31.8. The van der Waals surface area contributed by atoms with Crippen molar-refractivity contribution in [2.45, 2.75) is 32.1 Å². The van der Waals surface area contributed by atoms with E-state index in [4.69, 9.17) is 20.2 Å². The second-order valence-corrected chi connectivity index (χ2v) is 10.0. The van der Waals surface area contributed by atoms with Gasteiger partial charge in [0.1, 0.15) is 29.7 Å². The highest BCUT2D eigenvalue weighted by molar-refractivity contribution is 8.15. The van der Waals surface area contributed by atoms with Crippen LogP contribution < -0.4 is 20.5 Å². The van der Waals surface area contributed by atoms with Gasteiger partial charge in [0.25, 0.3) is 5.24 Å². The van der Waals surface area contributed by atoms with E-state index >= 15 is 0 Å². The molecule has 5 N–H and O–H groups in total. The lowest BCUT2D eigenvalue weighted by Gasteiger charge is -2.11. The number of rotatable bonds is 7. The smallest absolute Gasteiger partial charge is 0.286 e. The van der Waals surface area contributed by atoms with Crippen LogP contribution in [0.15, 0.2) is 54.6 Å². The summed E-state index contributed by atoms with van der Waals surface area (Å²) in [4.78, 5) is 27.8. The Kier molecular flexibility index (Phi) is 10.7. The van der Waals surface area contributed by atoms with Gasteiger partial charge < -0.3 is 25.3 Å². The van der Waals surface area contributed by atoms with Crippen LogP contribution in [-0.2, 0) is 24.9 Å². The number of imide groups is 1. The lowest BCUT2D eigenvalue weighted by Crippen LogP contribution is -2.25. The van der Waals surface area contributed by atoms with E-state index in [2.05, 4.69) is 5.32 Å². The molecule has 5 rings (SSSR count). The maximum Gasteiger partial charge on any atom is 0.286 e. The zero-order valence-corrected chi connectivity index (χ0v) is 24.0. The molecule has 1 saturated heterocycles. The highest BCUT2D eigenvalue weighted by Crippen LogP contribution is 2.30. The number of benzene rings is 3. The number of imidazole rings is 1. The van der Waals surface area contributed by atoms with Crippen LogP contribution in [0.3, 0.4) is 0 Å². The van der Waals surface area contributed by atoms with E-state index in [1.54, 1.807) is 0 Å². The Hall–Kier alpha value is -3.44. The molecule has 9 nitrogen and oxygen atoms in total. The number of halogens is 2. The first-order valence-electron chi connectivity index (χ1n) is 11.5. The molecule has 0 spiro atoms. The Bertz CT molecular complexity index is 1470. The van der Waals surface area contributed by atoms with Gasteiger partial charge in [-0.1, -0.05) is 23.9 Å². The third-order valence-corrected chi connectivity index (χ3v) is 7.21. The predicted octanol–water partition coefficient (Wildman–Crippen LogP) is 5.06. The minimum atomic E-state index is -0.383. The molecule has 1 aliphatic heterocycles. The molecular weight excluding hydrogens is 563 g/mol. The minimum absolute atomic E-state index is 0. The second-order valence-electron chi connectivity index (χ2n) is 8.83. The number of carbonyl (C=O) groups excluding carboxylic acids is 2. The first-order chi connectivity index (χ1) is 17.3. The monoisotopic (exact) mass is 592 g/mol. The topological polar surface area (TPSA) is 140 Å². The van der Waals surface area contributed by atoms with Gasteiger partial charge in [0.05, 0.1) is 16.3 Å². The fraction of sp³-hybridized carbons (Fsp3) is 0.222. The predicted molar refractivity (Wildman–Crippen MR) is 159 cm³/mol. The molecule has 1 aliphatic rings. The summed E-state index contributed by atoms with van der Waals surface area (Å²) in [7, 11) is 1.95. The van der Waals surface area contributed by atoms with E-state index in [1.165, 1.54) is 0 Å². The Morgan fingerprint density at radius 2 is 1.62 bits per heavy atom. The summed E-state index contributed by atoms with van der Waals surface area (Å²) in [6.07, 6.45) is 0.493. The number of anilines is 1. The van der Waals surface area contributed by atoms with E-state index in [0.717, 1.165) is 56.7 Å². The number of nitrogens with one attached hydrogen (secondary N) is 1. The summed E-state index contributed by atoms with van der Waals surface area (Å²) in [5, 5.41) is 1.64. The summed E-state index contributed by atoms with van der Waals surface area (Å²) >= 11 is 1.03. The van der Waals surface area contributed by atoms with Gasteiger partial charge in [0.15, 0.2) is 0 Å². The first-order valence-corrected chi connectivity index (χ1v) is 12.4. The van der Waals surface area contributed by atoms with Crippen LogP contribution in [0.1, 0.15) is 22.5 Å². The van der Waals surface area contributed by atoms with Crippen molar-refractivity contribution < 1.29 is 24.5 Å². The Morgan fingerprint density at radius 1 is 0.974 bits per heavy atom. The van der Waals surface area contributed by atoms with Crippen molar-refractivity contribution in [2.75, 3.05) is 5.73 Å². The number of aryl methyl sites for hydroxylation is 3. The Labute approximate surface area is 242 Å². The van der Waals surface area contributed by atoms with Gasteiger partial charge in [-0.25, -0.2) is 4.98 Å². The van der Waals surface area contributed by atoms with Crippen molar-refractivity contribution >= 4 is 64.4 Å². The maximum atomic E-state index is 11.8. The van der Waals surface area contributed by atoms with Crippen molar-refractivity contribution in [1.82, 2.24) is 14.9 Å². The fourth-order valence-electron chi connectivity index (χ4n) is 4.15. The van der Waals surface area contributed by atoms with Gasteiger partial charge in [-0.2, -0.15) is 0 Å². The van der Waals surface area contributed by atoms with Gasteiger partial charge in [-0.15, -0.1) is 24.8 Å². The highest BCUT2D eigenvalue weighted by atomic mass is 35.5. The molecule has 0 bridgehead atoms. The van der Waals surface area contributed by atoms with Crippen molar-refractivity contribution in [3.63, 3.8) is 0 Å². The number of hydrogen-bond acceptors (Lipinski definition) is 7. The number of nitrogen functional groups attached to an aromatic ring is 1. The summed E-state index contributed by atoms with van der Waals surface area (Å²) in [5.41, 5.74) is 11.6. The number of thioether (sulfide) groups is 1. The molecule has 0 saturated carbocycles. The molecule has 0 aliphatic carbocycles. The molecule has 2 amide bonds. The molecule has 1 fully saturated rings. The van der Waals surface area contributed by atoms with Crippen molar-refractivity contribution in [3.8, 4) is 17.2 Å². The largest absolute Gasteiger partial charge is 0.486 e. The molecule has 12 heteroatoms. The molecule has 39 heavy (non-hydrogen) atoms. The van der Waals surface area contributed by atoms with E-state index in [0.29, 0.717) is 24.5 Å². The van der Waals surface area contributed by atoms with E-state index in [-0.39, 0.29) is 46.7 Å². The number of aromatic nitrogens is 2. The third kappa shape index (κ3) is 6.96. The van der Waals surface area contributed by atoms with Crippen LogP contribution in [0, 0.1) is 13.8 Å². The average Bonchev–Trinajstić information content (AvgIpc) is 3.34.